The van der Waals surface area contributed by atoms with Gasteiger partial charge in [0.1, 0.15) is 17.5 Å². The van der Waals surface area contributed by atoms with Gasteiger partial charge in [-0.25, -0.2) is 18.6 Å². The van der Waals surface area contributed by atoms with Crippen LogP contribution in [0.1, 0.15) is 28.2 Å². The first kappa shape index (κ1) is 11.8. The first-order valence-electron chi connectivity index (χ1n) is 4.01. The van der Waals surface area contributed by atoms with Crippen molar-refractivity contribution in [2.45, 2.75) is 6.43 Å². The molecule has 0 aromatic carbocycles. The standard InChI is InChI=1S/C9H6F2N2O3/c1-16-5-2-4(3-12)6(9(14)15)13-7(5)8(10)11/h2,8H,1H3,(H,14,15). The third-order valence-corrected chi connectivity index (χ3v) is 1.76. The molecule has 5 nitrogen and oxygen atoms in total. The molecular weight excluding hydrogens is 222 g/mol. The number of aromatic nitrogens is 1. The minimum Gasteiger partial charge on any atom is -0.495 e. The summed E-state index contributed by atoms with van der Waals surface area (Å²) < 4.78 is 29.5. The van der Waals surface area contributed by atoms with Gasteiger partial charge in [0.2, 0.25) is 0 Å². The zero-order valence-electron chi connectivity index (χ0n) is 8.07. The fourth-order valence-corrected chi connectivity index (χ4v) is 1.08. The minimum absolute atomic E-state index is 0.309. The number of pyridine rings is 1. The Morgan fingerprint density at radius 1 is 1.69 bits per heavy atom. The van der Waals surface area contributed by atoms with Crippen molar-refractivity contribution in [1.29, 1.82) is 5.26 Å². The summed E-state index contributed by atoms with van der Waals surface area (Å²) in [5.41, 5.74) is -1.83. The molecule has 1 heterocycles. The van der Waals surface area contributed by atoms with Crippen LogP contribution < -0.4 is 4.74 Å². The SMILES string of the molecule is COc1cc(C#N)c(C(=O)O)nc1C(F)F. The summed E-state index contributed by atoms with van der Waals surface area (Å²) in [7, 11) is 1.13. The highest BCUT2D eigenvalue weighted by Gasteiger charge is 2.22. The molecule has 84 valence electrons. The number of rotatable bonds is 3. The highest BCUT2D eigenvalue weighted by Crippen LogP contribution is 2.28. The smallest absolute Gasteiger partial charge is 0.355 e. The fourth-order valence-electron chi connectivity index (χ4n) is 1.08. The summed E-state index contributed by atoms with van der Waals surface area (Å²) in [6.45, 7) is 0. The predicted octanol–water partition coefficient (Wildman–Crippen LogP) is 1.60. The van der Waals surface area contributed by atoms with Gasteiger partial charge in [0.25, 0.3) is 6.43 Å². The number of ether oxygens (including phenoxy) is 1. The van der Waals surface area contributed by atoms with Gasteiger partial charge in [0, 0.05) is 6.07 Å². The van der Waals surface area contributed by atoms with Gasteiger partial charge >= 0.3 is 5.97 Å². The second-order valence-electron chi connectivity index (χ2n) is 2.69. The molecular formula is C9H6F2N2O3. The number of carboxylic acids is 1. The third-order valence-electron chi connectivity index (χ3n) is 1.76. The summed E-state index contributed by atoms with van der Waals surface area (Å²) in [5.74, 6) is -1.85. The molecule has 0 unspecified atom stereocenters. The van der Waals surface area contributed by atoms with Crippen molar-refractivity contribution in [3.63, 3.8) is 0 Å². The number of methoxy groups -OCH3 is 1. The van der Waals surface area contributed by atoms with Gasteiger partial charge in [-0.05, 0) is 0 Å². The van der Waals surface area contributed by atoms with E-state index in [1.807, 2.05) is 0 Å². The Kier molecular flexibility index (Phi) is 3.35. The lowest BCUT2D eigenvalue weighted by atomic mass is 10.1. The molecule has 0 fully saturated rings. The highest BCUT2D eigenvalue weighted by atomic mass is 19.3. The Balaban J connectivity index is 3.48. The van der Waals surface area contributed by atoms with Crippen molar-refractivity contribution in [2.24, 2.45) is 0 Å². The van der Waals surface area contributed by atoms with E-state index in [1.54, 1.807) is 6.07 Å². The molecule has 0 radical (unpaired) electrons. The number of hydrogen-bond donors (Lipinski definition) is 1. The van der Waals surface area contributed by atoms with Crippen LogP contribution in [-0.2, 0) is 0 Å². The van der Waals surface area contributed by atoms with Crippen LogP contribution in [0.2, 0.25) is 0 Å². The number of aromatic carboxylic acids is 1. The van der Waals surface area contributed by atoms with Gasteiger partial charge in [-0.15, -0.1) is 0 Å². The van der Waals surface area contributed by atoms with Gasteiger partial charge in [-0.1, -0.05) is 0 Å². The van der Waals surface area contributed by atoms with Crippen LogP contribution in [0.4, 0.5) is 8.78 Å². The van der Waals surface area contributed by atoms with Gasteiger partial charge in [0.05, 0.1) is 12.7 Å². The fraction of sp³-hybridized carbons (Fsp3) is 0.222. The van der Waals surface area contributed by atoms with Gasteiger partial charge in [0.15, 0.2) is 5.69 Å². The maximum Gasteiger partial charge on any atom is 0.355 e. The number of nitrogens with zero attached hydrogens (tertiary/aromatic N) is 2. The Morgan fingerprint density at radius 3 is 2.69 bits per heavy atom. The van der Waals surface area contributed by atoms with E-state index in [0.717, 1.165) is 13.2 Å². The molecule has 0 saturated carbocycles. The molecule has 1 aromatic heterocycles. The first-order valence-corrected chi connectivity index (χ1v) is 4.01. The van der Waals surface area contributed by atoms with E-state index in [4.69, 9.17) is 10.4 Å². The lowest BCUT2D eigenvalue weighted by molar-refractivity contribution is 0.0688. The third kappa shape index (κ3) is 2.06. The van der Waals surface area contributed by atoms with Crippen LogP contribution in [0, 0.1) is 11.3 Å². The van der Waals surface area contributed by atoms with Gasteiger partial charge in [-0.2, -0.15) is 5.26 Å². The molecule has 0 aliphatic carbocycles. The van der Waals surface area contributed by atoms with E-state index in [9.17, 15) is 13.6 Å². The topological polar surface area (TPSA) is 83.2 Å². The summed E-state index contributed by atoms with van der Waals surface area (Å²) >= 11 is 0. The number of carboxylic acid groups (broad SMARTS) is 1. The van der Waals surface area contributed by atoms with Crippen molar-refractivity contribution < 1.29 is 23.4 Å². The first-order chi connectivity index (χ1) is 7.51. The van der Waals surface area contributed by atoms with E-state index >= 15 is 0 Å². The van der Waals surface area contributed by atoms with Crippen molar-refractivity contribution >= 4 is 5.97 Å². The number of nitriles is 1. The molecule has 7 heteroatoms. The monoisotopic (exact) mass is 228 g/mol. The largest absolute Gasteiger partial charge is 0.495 e. The Labute approximate surface area is 88.9 Å². The molecule has 0 bridgehead atoms. The van der Waals surface area contributed by atoms with E-state index in [0.29, 0.717) is 0 Å². The second kappa shape index (κ2) is 4.53. The summed E-state index contributed by atoms with van der Waals surface area (Å²) in [6.07, 6.45) is -2.97. The molecule has 0 aliphatic heterocycles. The summed E-state index contributed by atoms with van der Waals surface area (Å²) in [6, 6.07) is 2.48. The molecule has 1 N–H and O–H groups in total. The van der Waals surface area contributed by atoms with Crippen molar-refractivity contribution in [2.75, 3.05) is 7.11 Å². The normalized spacial score (nSPS) is 9.94. The van der Waals surface area contributed by atoms with E-state index < -0.39 is 23.8 Å². The van der Waals surface area contributed by atoms with Gasteiger partial charge < -0.3 is 9.84 Å². The average molecular weight is 228 g/mol. The lowest BCUT2D eigenvalue weighted by Crippen LogP contribution is -2.08. The number of halogens is 2. The van der Waals surface area contributed by atoms with Crippen LogP contribution >= 0.6 is 0 Å². The molecule has 0 spiro atoms. The van der Waals surface area contributed by atoms with Crippen LogP contribution in [-0.4, -0.2) is 23.2 Å². The van der Waals surface area contributed by atoms with Crippen molar-refractivity contribution in [3.05, 3.63) is 23.0 Å². The van der Waals surface area contributed by atoms with Crippen LogP contribution in [0.3, 0.4) is 0 Å². The van der Waals surface area contributed by atoms with Crippen LogP contribution in [0.25, 0.3) is 0 Å². The van der Waals surface area contributed by atoms with Gasteiger partial charge in [-0.3, -0.25) is 0 Å². The number of carbonyl (C=O) groups is 1. The van der Waals surface area contributed by atoms with E-state index in [-0.39, 0.29) is 11.3 Å². The van der Waals surface area contributed by atoms with E-state index in [2.05, 4.69) is 9.72 Å². The molecule has 0 amide bonds. The number of hydrogen-bond acceptors (Lipinski definition) is 4. The maximum atomic E-state index is 12.5. The zero-order valence-corrected chi connectivity index (χ0v) is 8.07. The maximum absolute atomic E-state index is 12.5. The summed E-state index contributed by atoms with van der Waals surface area (Å²) in [4.78, 5) is 13.9. The second-order valence-corrected chi connectivity index (χ2v) is 2.69. The Morgan fingerprint density at radius 2 is 2.31 bits per heavy atom. The average Bonchev–Trinajstić information content (AvgIpc) is 2.26. The van der Waals surface area contributed by atoms with Crippen LogP contribution in [0.15, 0.2) is 6.07 Å². The van der Waals surface area contributed by atoms with Crippen molar-refractivity contribution in [1.82, 2.24) is 4.98 Å². The molecule has 16 heavy (non-hydrogen) atoms. The summed E-state index contributed by atoms with van der Waals surface area (Å²) in [5, 5.41) is 17.3. The molecule has 0 atom stereocenters. The molecule has 1 aromatic rings. The van der Waals surface area contributed by atoms with Crippen molar-refractivity contribution in [3.8, 4) is 11.8 Å². The molecule has 0 saturated heterocycles. The van der Waals surface area contributed by atoms with Crippen LogP contribution in [0.5, 0.6) is 5.75 Å². The Bertz CT molecular complexity index is 469. The Hall–Kier alpha value is -2.23. The quantitative estimate of drug-likeness (QED) is 0.849. The zero-order chi connectivity index (χ0) is 12.3. The number of alkyl halides is 2. The molecule has 1 rings (SSSR count). The minimum atomic E-state index is -2.97. The highest BCUT2D eigenvalue weighted by molar-refractivity contribution is 5.88. The predicted molar refractivity (Wildman–Crippen MR) is 47.4 cm³/mol. The molecule has 0 aliphatic rings. The lowest BCUT2D eigenvalue weighted by Gasteiger charge is -2.08. The van der Waals surface area contributed by atoms with E-state index in [1.165, 1.54) is 0 Å².